The van der Waals surface area contributed by atoms with Gasteiger partial charge in [0.25, 0.3) is 0 Å². The van der Waals surface area contributed by atoms with Crippen LogP contribution in [0.5, 0.6) is 0 Å². The number of hydrogen-bond acceptors (Lipinski definition) is 3. The number of fused-ring (bicyclic) bond motifs is 1. The smallest absolute Gasteiger partial charge is 0.225 e. The van der Waals surface area contributed by atoms with Crippen molar-refractivity contribution in [1.29, 1.82) is 0 Å². The van der Waals surface area contributed by atoms with Gasteiger partial charge in [0.2, 0.25) is 5.91 Å². The second-order valence-electron chi connectivity index (χ2n) is 6.20. The maximum Gasteiger partial charge on any atom is 0.225 e. The zero-order valence-electron chi connectivity index (χ0n) is 12.0. The lowest BCUT2D eigenvalue weighted by atomic mass is 9.93. The van der Waals surface area contributed by atoms with Gasteiger partial charge in [-0.2, -0.15) is 0 Å². The summed E-state index contributed by atoms with van der Waals surface area (Å²) >= 11 is 0. The van der Waals surface area contributed by atoms with Crippen LogP contribution in [0, 0.1) is 5.92 Å². The summed E-state index contributed by atoms with van der Waals surface area (Å²) in [5.41, 5.74) is 2.07. The lowest BCUT2D eigenvalue weighted by Crippen LogP contribution is -2.40. The van der Waals surface area contributed by atoms with Crippen molar-refractivity contribution in [3.05, 3.63) is 36.3 Å². The van der Waals surface area contributed by atoms with Gasteiger partial charge >= 0.3 is 0 Å². The molecule has 108 valence electrons. The molecule has 1 atom stereocenters. The van der Waals surface area contributed by atoms with E-state index in [9.17, 15) is 4.79 Å². The Morgan fingerprint density at radius 1 is 1.24 bits per heavy atom. The first-order chi connectivity index (χ1) is 10.3. The summed E-state index contributed by atoms with van der Waals surface area (Å²) < 4.78 is 0. The van der Waals surface area contributed by atoms with E-state index in [4.69, 9.17) is 0 Å². The van der Waals surface area contributed by atoms with Crippen LogP contribution >= 0.6 is 0 Å². The van der Waals surface area contributed by atoms with Crippen LogP contribution in [0.4, 0.5) is 0 Å². The van der Waals surface area contributed by atoms with E-state index in [1.165, 1.54) is 0 Å². The van der Waals surface area contributed by atoms with Crippen LogP contribution < -0.4 is 0 Å². The largest absolute Gasteiger partial charge is 0.342 e. The number of piperidine rings is 1. The number of carbonyl (C=O) groups is 1. The van der Waals surface area contributed by atoms with Crippen LogP contribution in [0.2, 0.25) is 0 Å². The normalized spacial score (nSPS) is 22.5. The van der Waals surface area contributed by atoms with Crippen LogP contribution in [0.1, 0.15) is 37.3 Å². The summed E-state index contributed by atoms with van der Waals surface area (Å²) in [7, 11) is 0. The number of carbonyl (C=O) groups excluding carboxylic acids is 1. The van der Waals surface area contributed by atoms with E-state index in [1.807, 2.05) is 24.5 Å². The first-order valence-electron chi connectivity index (χ1n) is 7.81. The fourth-order valence-electron chi connectivity index (χ4n) is 3.21. The number of amides is 1. The molecule has 4 nitrogen and oxygen atoms in total. The van der Waals surface area contributed by atoms with Crippen molar-refractivity contribution in [1.82, 2.24) is 14.9 Å². The van der Waals surface area contributed by atoms with Crippen LogP contribution in [-0.4, -0.2) is 33.9 Å². The fourth-order valence-corrected chi connectivity index (χ4v) is 3.21. The number of nitrogens with zero attached hydrogens (tertiary/aromatic N) is 3. The minimum Gasteiger partial charge on any atom is -0.342 e. The van der Waals surface area contributed by atoms with Gasteiger partial charge in [-0.3, -0.25) is 14.8 Å². The van der Waals surface area contributed by atoms with Gasteiger partial charge in [-0.1, -0.05) is 0 Å². The van der Waals surface area contributed by atoms with Crippen molar-refractivity contribution in [2.24, 2.45) is 5.92 Å². The van der Waals surface area contributed by atoms with E-state index < -0.39 is 0 Å². The standard InChI is InChI=1S/C17H19N3O/c21-17(12-5-6-12)20-8-2-4-14(11-20)16-9-15-13(10-19-16)3-1-7-18-15/h1,3,7,9-10,12,14H,2,4-6,8,11H2/t14-/m1/s1. The molecule has 0 bridgehead atoms. The molecule has 2 aromatic heterocycles. The molecular weight excluding hydrogens is 262 g/mol. The van der Waals surface area contributed by atoms with Gasteiger partial charge in [0.1, 0.15) is 0 Å². The van der Waals surface area contributed by atoms with Crippen LogP contribution in [-0.2, 0) is 4.79 Å². The van der Waals surface area contributed by atoms with Gasteiger partial charge in [-0.15, -0.1) is 0 Å². The highest BCUT2D eigenvalue weighted by Crippen LogP contribution is 2.34. The molecule has 2 fully saturated rings. The summed E-state index contributed by atoms with van der Waals surface area (Å²) in [6.07, 6.45) is 8.07. The van der Waals surface area contributed by atoms with E-state index in [0.29, 0.717) is 17.7 Å². The Morgan fingerprint density at radius 3 is 3.00 bits per heavy atom. The SMILES string of the molecule is O=C(C1CC1)N1CCC[C@@H](c2cc3ncccc3cn2)C1. The Morgan fingerprint density at radius 2 is 2.14 bits per heavy atom. The Kier molecular flexibility index (Phi) is 3.09. The van der Waals surface area contributed by atoms with Crippen LogP contribution in [0.25, 0.3) is 10.9 Å². The van der Waals surface area contributed by atoms with Gasteiger partial charge < -0.3 is 4.90 Å². The van der Waals surface area contributed by atoms with Gasteiger partial charge in [0, 0.05) is 48.4 Å². The summed E-state index contributed by atoms with van der Waals surface area (Å²) in [5, 5.41) is 1.07. The average molecular weight is 281 g/mol. The summed E-state index contributed by atoms with van der Waals surface area (Å²) in [5.74, 6) is 1.03. The van der Waals surface area contributed by atoms with Crippen molar-refractivity contribution in [3.8, 4) is 0 Å². The van der Waals surface area contributed by atoms with Gasteiger partial charge in [0.15, 0.2) is 0 Å². The Bertz CT molecular complexity index is 681. The maximum absolute atomic E-state index is 12.2. The lowest BCUT2D eigenvalue weighted by Gasteiger charge is -2.32. The highest BCUT2D eigenvalue weighted by Gasteiger charge is 2.35. The minimum atomic E-state index is 0.315. The van der Waals surface area contributed by atoms with Crippen LogP contribution in [0.15, 0.2) is 30.6 Å². The Balaban J connectivity index is 1.57. The Labute approximate surface area is 124 Å². The first-order valence-corrected chi connectivity index (χ1v) is 7.81. The summed E-state index contributed by atoms with van der Waals surface area (Å²) in [6.45, 7) is 1.73. The second kappa shape index (κ2) is 5.10. The molecule has 4 heteroatoms. The third kappa shape index (κ3) is 2.50. The second-order valence-corrected chi connectivity index (χ2v) is 6.20. The molecule has 2 aromatic rings. The molecule has 4 rings (SSSR count). The number of aromatic nitrogens is 2. The topological polar surface area (TPSA) is 46.1 Å². The maximum atomic E-state index is 12.2. The fraction of sp³-hybridized carbons (Fsp3) is 0.471. The minimum absolute atomic E-state index is 0.315. The molecule has 0 N–H and O–H groups in total. The van der Waals surface area contributed by atoms with Gasteiger partial charge in [-0.05, 0) is 43.9 Å². The summed E-state index contributed by atoms with van der Waals surface area (Å²) in [4.78, 5) is 23.3. The highest BCUT2D eigenvalue weighted by molar-refractivity contribution is 5.81. The predicted molar refractivity (Wildman–Crippen MR) is 80.8 cm³/mol. The molecule has 1 amide bonds. The molecule has 1 aliphatic carbocycles. The summed E-state index contributed by atoms with van der Waals surface area (Å²) in [6, 6.07) is 6.05. The molecule has 0 radical (unpaired) electrons. The van der Waals surface area contributed by atoms with E-state index >= 15 is 0 Å². The van der Waals surface area contributed by atoms with Crippen molar-refractivity contribution < 1.29 is 4.79 Å². The molecule has 2 aliphatic rings. The number of pyridine rings is 2. The lowest BCUT2D eigenvalue weighted by molar-refractivity contribution is -0.133. The third-order valence-corrected chi connectivity index (χ3v) is 4.59. The number of rotatable bonds is 2. The highest BCUT2D eigenvalue weighted by atomic mass is 16.2. The van der Waals surface area contributed by atoms with Crippen molar-refractivity contribution in [2.45, 2.75) is 31.6 Å². The van der Waals surface area contributed by atoms with E-state index in [-0.39, 0.29) is 0 Å². The molecule has 0 unspecified atom stereocenters. The Hall–Kier alpha value is -1.97. The van der Waals surface area contributed by atoms with Crippen molar-refractivity contribution in [3.63, 3.8) is 0 Å². The molecule has 0 aromatic carbocycles. The van der Waals surface area contributed by atoms with Gasteiger partial charge in [0.05, 0.1) is 5.52 Å². The van der Waals surface area contributed by atoms with E-state index in [0.717, 1.165) is 55.4 Å². The first kappa shape index (κ1) is 12.7. The number of hydrogen-bond donors (Lipinski definition) is 0. The van der Waals surface area contributed by atoms with E-state index in [1.54, 1.807) is 0 Å². The van der Waals surface area contributed by atoms with Crippen molar-refractivity contribution in [2.75, 3.05) is 13.1 Å². The zero-order valence-corrected chi connectivity index (χ0v) is 12.0. The molecule has 1 aliphatic heterocycles. The molecular formula is C17H19N3O. The molecule has 1 saturated heterocycles. The quantitative estimate of drug-likeness (QED) is 0.850. The van der Waals surface area contributed by atoms with Crippen LogP contribution in [0.3, 0.4) is 0 Å². The van der Waals surface area contributed by atoms with Crippen molar-refractivity contribution >= 4 is 16.8 Å². The molecule has 0 spiro atoms. The third-order valence-electron chi connectivity index (χ3n) is 4.59. The van der Waals surface area contributed by atoms with Gasteiger partial charge in [-0.25, -0.2) is 0 Å². The molecule has 3 heterocycles. The predicted octanol–water partition coefficient (Wildman–Crippen LogP) is 2.75. The monoisotopic (exact) mass is 281 g/mol. The number of likely N-dealkylation sites (tertiary alicyclic amines) is 1. The van der Waals surface area contributed by atoms with E-state index in [2.05, 4.69) is 20.9 Å². The molecule has 21 heavy (non-hydrogen) atoms. The zero-order chi connectivity index (χ0) is 14.2. The molecule has 1 saturated carbocycles. The average Bonchev–Trinajstić information content (AvgIpc) is 3.39.